The summed E-state index contributed by atoms with van der Waals surface area (Å²) in [5.41, 5.74) is 5.87. The second-order valence-electron chi connectivity index (χ2n) is 8.59. The van der Waals surface area contributed by atoms with Crippen molar-refractivity contribution in [2.75, 3.05) is 26.2 Å². The lowest BCUT2D eigenvalue weighted by Crippen LogP contribution is -2.34. The summed E-state index contributed by atoms with van der Waals surface area (Å²) < 4.78 is 0. The summed E-state index contributed by atoms with van der Waals surface area (Å²) in [5, 5.41) is 1.42. The van der Waals surface area contributed by atoms with Crippen LogP contribution in [-0.2, 0) is 13.1 Å². The highest BCUT2D eigenvalue weighted by Gasteiger charge is 2.22. The van der Waals surface area contributed by atoms with Gasteiger partial charge in [-0.05, 0) is 80.5 Å². The van der Waals surface area contributed by atoms with E-state index >= 15 is 0 Å². The quantitative estimate of drug-likeness (QED) is 0.538. The van der Waals surface area contributed by atoms with Gasteiger partial charge in [0.25, 0.3) is 0 Å². The summed E-state index contributed by atoms with van der Waals surface area (Å²) in [6.45, 7) is 7.29. The molecule has 2 aliphatic rings. The fourth-order valence-corrected chi connectivity index (χ4v) is 5.13. The first-order chi connectivity index (χ1) is 13.9. The number of nitrogens with zero attached hydrogens (tertiary/aromatic N) is 2. The first-order valence-corrected chi connectivity index (χ1v) is 10.9. The molecule has 29 heavy (non-hydrogen) atoms. The number of aromatic nitrogens is 1. The first kappa shape index (κ1) is 20.5. The number of likely N-dealkylation sites (tertiary alicyclic amines) is 1. The maximum Gasteiger partial charge on any atom is 0.0456 e. The van der Waals surface area contributed by atoms with E-state index in [1.807, 2.05) is 0 Å². The standard InChI is InChI=1S/C25H31N3.ClH/c1-2-8-22-19-28(18-21(22)7-1)14-6-5-13-27-15-11-20(12-16-27)24-17-26-25-10-4-3-9-23(24)25;/h1-4,7-10,17,20,26H,5-6,11-16,18-19H2;1H. The Hall–Kier alpha value is -1.81. The Kier molecular flexibility index (Phi) is 6.59. The normalized spacial score (nSPS) is 18.1. The molecule has 3 nitrogen and oxygen atoms in total. The number of aromatic amines is 1. The zero-order valence-corrected chi connectivity index (χ0v) is 18.0. The minimum Gasteiger partial charge on any atom is -0.361 e. The first-order valence-electron chi connectivity index (χ1n) is 10.9. The van der Waals surface area contributed by atoms with Crippen LogP contribution in [0.2, 0.25) is 0 Å². The van der Waals surface area contributed by atoms with Crippen molar-refractivity contribution in [2.45, 2.75) is 44.7 Å². The van der Waals surface area contributed by atoms with Gasteiger partial charge in [-0.2, -0.15) is 0 Å². The molecule has 0 radical (unpaired) electrons. The number of fused-ring (bicyclic) bond motifs is 2. The molecule has 0 atom stereocenters. The van der Waals surface area contributed by atoms with Gasteiger partial charge in [-0.15, -0.1) is 12.4 Å². The molecule has 0 aliphatic carbocycles. The summed E-state index contributed by atoms with van der Waals surface area (Å²) in [5.74, 6) is 0.718. The van der Waals surface area contributed by atoms with E-state index in [4.69, 9.17) is 0 Å². The van der Waals surface area contributed by atoms with Gasteiger partial charge in [0, 0.05) is 30.2 Å². The van der Waals surface area contributed by atoms with Gasteiger partial charge in [-0.3, -0.25) is 4.90 Å². The molecule has 3 heterocycles. The van der Waals surface area contributed by atoms with Crippen LogP contribution in [-0.4, -0.2) is 41.0 Å². The number of rotatable bonds is 6. The minimum atomic E-state index is 0. The monoisotopic (exact) mass is 409 g/mol. The lowest BCUT2D eigenvalue weighted by molar-refractivity contribution is 0.202. The van der Waals surface area contributed by atoms with E-state index in [2.05, 4.69) is 69.5 Å². The Morgan fingerprint density at radius 2 is 1.41 bits per heavy atom. The zero-order chi connectivity index (χ0) is 18.8. The molecule has 1 fully saturated rings. The average molecular weight is 410 g/mol. The number of unbranched alkanes of at least 4 members (excludes halogenated alkanes) is 1. The van der Waals surface area contributed by atoms with E-state index < -0.39 is 0 Å². The number of piperidine rings is 1. The third-order valence-corrected chi connectivity index (χ3v) is 6.75. The van der Waals surface area contributed by atoms with Crippen LogP contribution in [0.4, 0.5) is 0 Å². The van der Waals surface area contributed by atoms with Gasteiger partial charge in [0.1, 0.15) is 0 Å². The third-order valence-electron chi connectivity index (χ3n) is 6.75. The van der Waals surface area contributed by atoms with Crippen LogP contribution in [0.25, 0.3) is 10.9 Å². The summed E-state index contributed by atoms with van der Waals surface area (Å²) in [6, 6.07) is 17.6. The van der Waals surface area contributed by atoms with Crippen molar-refractivity contribution < 1.29 is 0 Å². The minimum absolute atomic E-state index is 0. The number of H-pyrrole nitrogens is 1. The third kappa shape index (κ3) is 4.53. The van der Waals surface area contributed by atoms with Crippen LogP contribution in [0.15, 0.2) is 54.7 Å². The van der Waals surface area contributed by atoms with E-state index in [1.165, 1.54) is 79.5 Å². The van der Waals surface area contributed by atoms with Crippen LogP contribution < -0.4 is 0 Å². The largest absolute Gasteiger partial charge is 0.361 e. The van der Waals surface area contributed by atoms with Gasteiger partial charge >= 0.3 is 0 Å². The Balaban J connectivity index is 0.00000205. The molecule has 1 saturated heterocycles. The number of halogens is 1. The molecule has 0 saturated carbocycles. The molecule has 3 aromatic rings. The van der Waals surface area contributed by atoms with E-state index in [0.717, 1.165) is 19.0 Å². The van der Waals surface area contributed by atoms with Gasteiger partial charge < -0.3 is 9.88 Å². The van der Waals surface area contributed by atoms with Gasteiger partial charge in [0.15, 0.2) is 0 Å². The molecule has 2 aliphatic heterocycles. The molecule has 0 amide bonds. The predicted molar refractivity (Wildman–Crippen MR) is 124 cm³/mol. The topological polar surface area (TPSA) is 22.3 Å². The maximum absolute atomic E-state index is 3.45. The highest BCUT2D eigenvalue weighted by Crippen LogP contribution is 2.33. The molecule has 1 aromatic heterocycles. The molecule has 154 valence electrons. The van der Waals surface area contributed by atoms with Gasteiger partial charge in [-0.1, -0.05) is 42.5 Å². The Morgan fingerprint density at radius 3 is 2.14 bits per heavy atom. The SMILES string of the molecule is Cl.c1ccc2c(c1)CN(CCCCN1CCC(c3c[nH]c4ccccc34)CC1)C2. The van der Waals surface area contributed by atoms with Crippen molar-refractivity contribution in [2.24, 2.45) is 0 Å². The second-order valence-corrected chi connectivity index (χ2v) is 8.59. The summed E-state index contributed by atoms with van der Waals surface area (Å²) >= 11 is 0. The van der Waals surface area contributed by atoms with Crippen LogP contribution in [0, 0.1) is 0 Å². The molecular weight excluding hydrogens is 378 g/mol. The van der Waals surface area contributed by atoms with Gasteiger partial charge in [0.05, 0.1) is 0 Å². The lowest BCUT2D eigenvalue weighted by atomic mass is 9.89. The summed E-state index contributed by atoms with van der Waals surface area (Å²) in [6.07, 6.45) is 7.48. The molecule has 5 rings (SSSR count). The number of nitrogens with one attached hydrogen (secondary N) is 1. The van der Waals surface area contributed by atoms with Crippen molar-refractivity contribution in [3.63, 3.8) is 0 Å². The molecule has 0 unspecified atom stereocenters. The molecule has 4 heteroatoms. The smallest absolute Gasteiger partial charge is 0.0456 e. The van der Waals surface area contributed by atoms with Crippen molar-refractivity contribution in [3.05, 3.63) is 71.4 Å². The fraction of sp³-hybridized carbons (Fsp3) is 0.440. The Morgan fingerprint density at radius 1 is 0.793 bits per heavy atom. The van der Waals surface area contributed by atoms with E-state index in [-0.39, 0.29) is 12.4 Å². The van der Waals surface area contributed by atoms with E-state index in [0.29, 0.717) is 0 Å². The van der Waals surface area contributed by atoms with Gasteiger partial charge in [-0.25, -0.2) is 0 Å². The highest BCUT2D eigenvalue weighted by atomic mass is 35.5. The molecular formula is C25H32ClN3. The van der Waals surface area contributed by atoms with Crippen LogP contribution in [0.3, 0.4) is 0 Å². The maximum atomic E-state index is 3.45. The van der Waals surface area contributed by atoms with Crippen molar-refractivity contribution in [1.29, 1.82) is 0 Å². The second kappa shape index (κ2) is 9.34. The van der Waals surface area contributed by atoms with Crippen LogP contribution >= 0.6 is 12.4 Å². The summed E-state index contributed by atoms with van der Waals surface area (Å²) in [7, 11) is 0. The molecule has 0 bridgehead atoms. The highest BCUT2D eigenvalue weighted by molar-refractivity contribution is 5.85. The number of hydrogen-bond acceptors (Lipinski definition) is 2. The van der Waals surface area contributed by atoms with Crippen LogP contribution in [0.1, 0.15) is 48.3 Å². The number of hydrogen-bond donors (Lipinski definition) is 1. The zero-order valence-electron chi connectivity index (χ0n) is 17.1. The van der Waals surface area contributed by atoms with Crippen molar-refractivity contribution in [1.82, 2.24) is 14.8 Å². The summed E-state index contributed by atoms with van der Waals surface area (Å²) in [4.78, 5) is 8.74. The van der Waals surface area contributed by atoms with E-state index in [9.17, 15) is 0 Å². The van der Waals surface area contributed by atoms with Crippen molar-refractivity contribution >= 4 is 23.3 Å². The molecule has 0 spiro atoms. The van der Waals surface area contributed by atoms with E-state index in [1.54, 1.807) is 0 Å². The van der Waals surface area contributed by atoms with Crippen molar-refractivity contribution in [3.8, 4) is 0 Å². The average Bonchev–Trinajstić information content (AvgIpc) is 3.35. The molecule has 2 aromatic carbocycles. The predicted octanol–water partition coefficient (Wildman–Crippen LogP) is 5.57. The lowest BCUT2D eigenvalue weighted by Gasteiger charge is -2.32. The van der Waals surface area contributed by atoms with Gasteiger partial charge in [0.2, 0.25) is 0 Å². The number of para-hydroxylation sites is 1. The Labute approximate surface area is 180 Å². The van der Waals surface area contributed by atoms with Crippen LogP contribution in [0.5, 0.6) is 0 Å². The fourth-order valence-electron chi connectivity index (χ4n) is 5.13. The molecule has 1 N–H and O–H groups in total. The number of benzene rings is 2. The Bertz CT molecular complexity index is 901.